The molecule has 0 fully saturated rings. The monoisotopic (exact) mass is 446 g/mol. The van der Waals surface area contributed by atoms with Crippen molar-refractivity contribution in [1.29, 1.82) is 0 Å². The van der Waals surface area contributed by atoms with E-state index in [1.165, 1.54) is 27.6 Å². The minimum absolute atomic E-state index is 0.214. The van der Waals surface area contributed by atoms with E-state index < -0.39 is 0 Å². The number of likely N-dealkylation sites (N-methyl/N-ethyl adjacent to an activating group) is 1. The number of amides is 2. The summed E-state index contributed by atoms with van der Waals surface area (Å²) in [5.74, 6) is -0.442. The molecule has 9 heteroatoms. The van der Waals surface area contributed by atoms with Crippen LogP contribution in [0.3, 0.4) is 0 Å². The molecule has 29 heavy (non-hydrogen) atoms. The number of thiazole rings is 1. The molecule has 150 valence electrons. The van der Waals surface area contributed by atoms with Crippen molar-refractivity contribution in [3.63, 3.8) is 0 Å². The summed E-state index contributed by atoms with van der Waals surface area (Å²) in [4.78, 5) is 33.7. The Morgan fingerprint density at radius 3 is 2.79 bits per heavy atom. The van der Waals surface area contributed by atoms with Crippen molar-refractivity contribution in [2.24, 2.45) is 0 Å². The summed E-state index contributed by atoms with van der Waals surface area (Å²) in [5.41, 5.74) is 2.29. The Bertz CT molecular complexity index is 1060. The van der Waals surface area contributed by atoms with Gasteiger partial charge in [-0.05, 0) is 37.2 Å². The topological polar surface area (TPSA) is 74.3 Å². The van der Waals surface area contributed by atoms with E-state index in [1.54, 1.807) is 24.3 Å². The Labute approximate surface area is 181 Å². The molecule has 2 amide bonds. The first kappa shape index (κ1) is 20.0. The van der Waals surface area contributed by atoms with Gasteiger partial charge in [-0.15, -0.1) is 22.7 Å². The molecule has 3 heterocycles. The second-order valence-corrected chi connectivity index (χ2v) is 9.57. The van der Waals surface area contributed by atoms with Crippen LogP contribution in [0.15, 0.2) is 36.4 Å². The molecule has 0 atom stereocenters. The molecular formula is C20H19ClN4O2S2. The molecule has 0 spiro atoms. The predicted molar refractivity (Wildman–Crippen MR) is 117 cm³/mol. The zero-order valence-electron chi connectivity index (χ0n) is 15.7. The smallest absolute Gasteiger partial charge is 0.261 e. The fourth-order valence-corrected chi connectivity index (χ4v) is 5.06. The summed E-state index contributed by atoms with van der Waals surface area (Å²) in [7, 11) is 2.06. The fourth-order valence-electron chi connectivity index (χ4n) is 3.14. The van der Waals surface area contributed by atoms with Crippen molar-refractivity contribution in [2.45, 2.75) is 19.5 Å². The van der Waals surface area contributed by atoms with E-state index in [4.69, 9.17) is 11.6 Å². The van der Waals surface area contributed by atoms with Crippen molar-refractivity contribution in [3.05, 3.63) is 67.3 Å². The molecule has 0 unspecified atom stereocenters. The highest BCUT2D eigenvalue weighted by molar-refractivity contribution is 7.18. The lowest BCUT2D eigenvalue weighted by Crippen LogP contribution is -2.25. The second-order valence-electron chi connectivity index (χ2n) is 6.77. The van der Waals surface area contributed by atoms with Crippen LogP contribution in [0, 0.1) is 0 Å². The standard InChI is InChI=1S/C20H19ClN4O2S2/c1-25-9-8-15-14(11-25)23-20(29-15)24-18(26)13-5-3-2-4-12(13)10-22-19(27)16-6-7-17(21)28-16/h2-7H,8-11H2,1H3,(H,22,27)(H,23,24,26). The second kappa shape index (κ2) is 8.62. The first-order valence-electron chi connectivity index (χ1n) is 9.09. The zero-order chi connectivity index (χ0) is 20.4. The van der Waals surface area contributed by atoms with Crippen LogP contribution in [0.25, 0.3) is 0 Å². The lowest BCUT2D eigenvalue weighted by Gasteiger charge is -2.20. The maximum absolute atomic E-state index is 12.8. The number of aromatic nitrogens is 1. The third-order valence-electron chi connectivity index (χ3n) is 4.64. The first-order chi connectivity index (χ1) is 14.0. The van der Waals surface area contributed by atoms with E-state index in [1.807, 2.05) is 12.1 Å². The third-order valence-corrected chi connectivity index (χ3v) is 6.94. The van der Waals surface area contributed by atoms with E-state index in [2.05, 4.69) is 27.6 Å². The number of carbonyl (C=O) groups is 2. The van der Waals surface area contributed by atoms with Gasteiger partial charge < -0.3 is 10.2 Å². The van der Waals surface area contributed by atoms with Crippen molar-refractivity contribution < 1.29 is 9.59 Å². The van der Waals surface area contributed by atoms with Gasteiger partial charge in [-0.3, -0.25) is 14.9 Å². The molecule has 0 saturated carbocycles. The summed E-state index contributed by atoms with van der Waals surface area (Å²) in [5, 5.41) is 6.38. The first-order valence-corrected chi connectivity index (χ1v) is 11.1. The van der Waals surface area contributed by atoms with Gasteiger partial charge in [0.2, 0.25) is 0 Å². The Balaban J connectivity index is 1.45. The molecule has 0 saturated heterocycles. The molecule has 1 aromatic carbocycles. The van der Waals surface area contributed by atoms with E-state index in [-0.39, 0.29) is 18.4 Å². The summed E-state index contributed by atoms with van der Waals surface area (Å²) >= 11 is 8.64. The van der Waals surface area contributed by atoms with Gasteiger partial charge in [-0.25, -0.2) is 4.98 Å². The van der Waals surface area contributed by atoms with Gasteiger partial charge in [0.1, 0.15) is 0 Å². The van der Waals surface area contributed by atoms with Crippen LogP contribution in [-0.2, 0) is 19.5 Å². The van der Waals surface area contributed by atoms with Crippen LogP contribution < -0.4 is 10.6 Å². The largest absolute Gasteiger partial charge is 0.347 e. The number of hydrogen-bond donors (Lipinski definition) is 2. The molecular weight excluding hydrogens is 428 g/mol. The maximum atomic E-state index is 12.8. The van der Waals surface area contributed by atoms with Gasteiger partial charge in [-0.1, -0.05) is 29.8 Å². The van der Waals surface area contributed by atoms with Crippen molar-refractivity contribution in [2.75, 3.05) is 18.9 Å². The van der Waals surface area contributed by atoms with Crippen molar-refractivity contribution >= 4 is 51.2 Å². The van der Waals surface area contributed by atoms with E-state index in [0.717, 1.165) is 30.8 Å². The molecule has 1 aliphatic heterocycles. The molecule has 3 aromatic rings. The number of halogens is 1. The molecule has 0 aliphatic carbocycles. The van der Waals surface area contributed by atoms with Gasteiger partial charge in [0.05, 0.1) is 14.9 Å². The Hall–Kier alpha value is -2.26. The summed E-state index contributed by atoms with van der Waals surface area (Å²) in [6.07, 6.45) is 0.953. The number of nitrogens with zero attached hydrogens (tertiary/aromatic N) is 2. The minimum Gasteiger partial charge on any atom is -0.347 e. The molecule has 0 bridgehead atoms. The fraction of sp³-hybridized carbons (Fsp3) is 0.250. The Morgan fingerprint density at radius 2 is 2.00 bits per heavy atom. The number of thiophene rings is 1. The van der Waals surface area contributed by atoms with Gasteiger partial charge >= 0.3 is 0 Å². The molecule has 4 rings (SSSR count). The third kappa shape index (κ3) is 4.67. The zero-order valence-corrected chi connectivity index (χ0v) is 18.1. The van der Waals surface area contributed by atoms with E-state index in [9.17, 15) is 9.59 Å². The highest BCUT2D eigenvalue weighted by atomic mass is 35.5. The van der Waals surface area contributed by atoms with Crippen molar-refractivity contribution in [3.8, 4) is 0 Å². The Morgan fingerprint density at radius 1 is 1.17 bits per heavy atom. The minimum atomic E-state index is -0.228. The molecule has 2 N–H and O–H groups in total. The number of hydrogen-bond acceptors (Lipinski definition) is 6. The normalized spacial score (nSPS) is 13.7. The van der Waals surface area contributed by atoms with Gasteiger partial charge in [0.15, 0.2) is 5.13 Å². The molecule has 2 aromatic heterocycles. The van der Waals surface area contributed by atoms with Crippen LogP contribution in [0.2, 0.25) is 4.34 Å². The average molecular weight is 447 g/mol. The van der Waals surface area contributed by atoms with Crippen LogP contribution in [0.5, 0.6) is 0 Å². The number of nitrogens with one attached hydrogen (secondary N) is 2. The summed E-state index contributed by atoms with van der Waals surface area (Å²) in [6, 6.07) is 10.6. The van der Waals surface area contributed by atoms with E-state index >= 15 is 0 Å². The summed E-state index contributed by atoms with van der Waals surface area (Å²) < 4.78 is 0.562. The van der Waals surface area contributed by atoms with Gasteiger partial charge in [0, 0.05) is 30.1 Å². The quantitative estimate of drug-likeness (QED) is 0.620. The van der Waals surface area contributed by atoms with Gasteiger partial charge in [0.25, 0.3) is 11.8 Å². The number of carbonyl (C=O) groups excluding carboxylic acids is 2. The lowest BCUT2D eigenvalue weighted by atomic mass is 10.1. The summed E-state index contributed by atoms with van der Waals surface area (Å²) in [6.45, 7) is 2.05. The number of rotatable bonds is 5. The van der Waals surface area contributed by atoms with E-state index in [0.29, 0.717) is 19.9 Å². The number of fused-ring (bicyclic) bond motifs is 1. The molecule has 6 nitrogen and oxygen atoms in total. The predicted octanol–water partition coefficient (Wildman–Crippen LogP) is 4.03. The SMILES string of the molecule is CN1CCc2sc(NC(=O)c3ccccc3CNC(=O)c3ccc(Cl)s3)nc2C1. The highest BCUT2D eigenvalue weighted by Gasteiger charge is 2.20. The average Bonchev–Trinajstić information content (AvgIpc) is 3.31. The molecule has 1 aliphatic rings. The maximum Gasteiger partial charge on any atom is 0.261 e. The number of benzene rings is 1. The lowest BCUT2D eigenvalue weighted by molar-refractivity contribution is 0.0951. The number of anilines is 1. The van der Waals surface area contributed by atoms with Crippen LogP contribution in [-0.4, -0.2) is 35.3 Å². The van der Waals surface area contributed by atoms with Crippen molar-refractivity contribution in [1.82, 2.24) is 15.2 Å². The van der Waals surface area contributed by atoms with Gasteiger partial charge in [-0.2, -0.15) is 0 Å². The van der Waals surface area contributed by atoms with Crippen LogP contribution in [0.1, 0.15) is 36.2 Å². The van der Waals surface area contributed by atoms with Crippen LogP contribution in [0.4, 0.5) is 5.13 Å². The van der Waals surface area contributed by atoms with Crippen LogP contribution >= 0.6 is 34.3 Å². The highest BCUT2D eigenvalue weighted by Crippen LogP contribution is 2.28. The Kier molecular flexibility index (Phi) is 5.96. The molecule has 0 radical (unpaired) electrons.